The van der Waals surface area contributed by atoms with Crippen molar-refractivity contribution in [3.63, 3.8) is 0 Å². The van der Waals surface area contributed by atoms with E-state index < -0.39 is 73.3 Å². The highest BCUT2D eigenvalue weighted by Crippen LogP contribution is 2.40. The van der Waals surface area contributed by atoms with Crippen LogP contribution in [-0.4, -0.2) is 90.1 Å². The van der Waals surface area contributed by atoms with E-state index >= 15 is 0 Å². The second kappa shape index (κ2) is 16.5. The number of rotatable bonds is 15. The van der Waals surface area contributed by atoms with Crippen LogP contribution in [0.1, 0.15) is 45.6 Å². The van der Waals surface area contributed by atoms with Gasteiger partial charge in [-0.2, -0.15) is 4.31 Å². The number of sulfonamides is 1. The van der Waals surface area contributed by atoms with Crippen molar-refractivity contribution >= 4 is 33.7 Å². The summed E-state index contributed by atoms with van der Waals surface area (Å²) >= 11 is 0. The summed E-state index contributed by atoms with van der Waals surface area (Å²) in [5.41, 5.74) is -0.464. The molecule has 278 valence electrons. The molecule has 0 saturated carbocycles. The third-order valence-electron chi connectivity index (χ3n) is 8.67. The molecule has 15 heteroatoms. The average molecular weight is 737 g/mol. The van der Waals surface area contributed by atoms with E-state index in [9.17, 15) is 38.0 Å². The maximum atomic E-state index is 14.5. The Morgan fingerprint density at radius 1 is 1.08 bits per heavy atom. The van der Waals surface area contributed by atoms with E-state index in [1.807, 2.05) is 42.5 Å². The van der Waals surface area contributed by atoms with Crippen LogP contribution < -0.4 is 5.32 Å². The molecule has 2 N–H and O–H groups in total. The zero-order valence-electron chi connectivity index (χ0n) is 29.6. The van der Waals surface area contributed by atoms with Crippen LogP contribution in [-0.2, 0) is 34.7 Å². The minimum atomic E-state index is -4.65. The Bertz CT molecular complexity index is 1880. The Morgan fingerprint density at radius 3 is 2.27 bits per heavy atom. The summed E-state index contributed by atoms with van der Waals surface area (Å²) in [6, 6.07) is 18.7. The van der Waals surface area contributed by atoms with E-state index in [0.717, 1.165) is 32.5 Å². The van der Waals surface area contributed by atoms with E-state index in [1.165, 1.54) is 19.2 Å². The first-order valence-corrected chi connectivity index (χ1v) is 18.1. The van der Waals surface area contributed by atoms with Crippen molar-refractivity contribution in [1.82, 2.24) is 14.5 Å². The van der Waals surface area contributed by atoms with Gasteiger partial charge in [-0.05, 0) is 56.4 Å². The third-order valence-corrected chi connectivity index (χ3v) is 10.6. The second-order valence-corrected chi connectivity index (χ2v) is 15.3. The molecule has 0 radical (unpaired) electrons. The number of carbonyl (C=O) groups excluding carboxylic acids is 2. The molecule has 52 heavy (non-hydrogen) atoms. The number of amides is 2. The minimum Gasteiger partial charge on any atom is -0.480 e. The molecule has 4 rings (SSSR count). The largest absolute Gasteiger partial charge is 0.480 e. The first-order chi connectivity index (χ1) is 24.5. The molecule has 1 fully saturated rings. The highest BCUT2D eigenvalue weighted by Gasteiger charge is 2.52. The van der Waals surface area contributed by atoms with Gasteiger partial charge in [0.1, 0.15) is 23.3 Å². The predicted molar refractivity (Wildman–Crippen MR) is 193 cm³/mol. The number of aliphatic carboxylic acids is 1. The zero-order valence-corrected chi connectivity index (χ0v) is 30.4. The molecule has 1 saturated heterocycles. The number of carboxylic acids is 1. The fourth-order valence-corrected chi connectivity index (χ4v) is 7.77. The number of nitrogens with one attached hydrogen (secondary N) is 1. The number of hydrogen-bond acceptors (Lipinski definition) is 9. The van der Waals surface area contributed by atoms with Crippen molar-refractivity contribution in [3.8, 4) is 11.1 Å². The number of allylic oxidation sites excluding steroid dienone is 1. The number of hydrogen-bond donors (Lipinski definition) is 2. The van der Waals surface area contributed by atoms with E-state index in [1.54, 1.807) is 39.0 Å². The number of methoxy groups -OCH3 is 1. The number of nitro benzene ring substituents is 1. The predicted octanol–water partition coefficient (Wildman–Crippen LogP) is 5.34. The van der Waals surface area contributed by atoms with Crippen LogP contribution in [0.2, 0.25) is 0 Å². The molecule has 1 heterocycles. The first kappa shape index (κ1) is 39.7. The number of nitro groups is 1. The quantitative estimate of drug-likeness (QED) is 0.0893. The Labute approximate surface area is 303 Å². The molecule has 3 aromatic rings. The average Bonchev–Trinajstić information content (AvgIpc) is 3.52. The van der Waals surface area contributed by atoms with Gasteiger partial charge >= 0.3 is 12.1 Å². The lowest BCUT2D eigenvalue weighted by Crippen LogP contribution is -2.57. The molecular formula is C37H44N4O10S. The molecule has 2 amide bonds. The Morgan fingerprint density at radius 2 is 1.69 bits per heavy atom. The summed E-state index contributed by atoms with van der Waals surface area (Å²) in [5, 5.41) is 24.7. The van der Waals surface area contributed by atoms with Gasteiger partial charge in [-0.15, -0.1) is 6.58 Å². The summed E-state index contributed by atoms with van der Waals surface area (Å²) in [6.07, 6.45) is 0.958. The number of alkyl carbamates (subject to hydrolysis) is 1. The standard InChI is InChI=1S/C37H44N4O10S/c1-6-7-13-22-39(52(48,49)32-17-12-11-16-30(32)41(46)47)24-29(38-35(45)51-36(2,3)4)33(42)40-25-37(50-5,23-31(40)34(43)44)28-20-18-27(19-21-28)26-14-9-8-10-15-26/h6,8-12,14-21,29,31H,1,7,13,22-25H2,2-5H3,(H,38,45)(H,43,44)/t29-,31-,37-/m0/s1. The van der Waals surface area contributed by atoms with Gasteiger partial charge in [0.25, 0.3) is 5.69 Å². The second-order valence-electron chi connectivity index (χ2n) is 13.4. The number of likely N-dealkylation sites (tertiary alicyclic amines) is 1. The number of para-hydroxylation sites is 1. The summed E-state index contributed by atoms with van der Waals surface area (Å²) < 4.78 is 40.4. The van der Waals surface area contributed by atoms with E-state index in [-0.39, 0.29) is 25.9 Å². The van der Waals surface area contributed by atoms with Crippen molar-refractivity contribution in [2.75, 3.05) is 26.7 Å². The first-order valence-electron chi connectivity index (χ1n) is 16.6. The van der Waals surface area contributed by atoms with Crippen molar-refractivity contribution in [2.45, 2.75) is 68.2 Å². The number of benzene rings is 3. The molecule has 0 bridgehead atoms. The van der Waals surface area contributed by atoms with Gasteiger partial charge in [0.15, 0.2) is 4.90 Å². The van der Waals surface area contributed by atoms with Crippen LogP contribution in [0.5, 0.6) is 0 Å². The number of carboxylic acid groups (broad SMARTS) is 1. The Hall–Kier alpha value is -5.12. The van der Waals surface area contributed by atoms with E-state index in [2.05, 4.69) is 11.9 Å². The highest BCUT2D eigenvalue weighted by molar-refractivity contribution is 7.89. The van der Waals surface area contributed by atoms with Crippen LogP contribution in [0, 0.1) is 10.1 Å². The lowest BCUT2D eigenvalue weighted by Gasteiger charge is -2.32. The maximum Gasteiger partial charge on any atom is 0.408 e. The van der Waals surface area contributed by atoms with Gasteiger partial charge in [0, 0.05) is 32.7 Å². The van der Waals surface area contributed by atoms with Gasteiger partial charge < -0.3 is 24.8 Å². The van der Waals surface area contributed by atoms with Gasteiger partial charge in [0.05, 0.1) is 11.5 Å². The normalized spacial score (nSPS) is 18.1. The smallest absolute Gasteiger partial charge is 0.408 e. The summed E-state index contributed by atoms with van der Waals surface area (Å²) in [4.78, 5) is 51.9. The van der Waals surface area contributed by atoms with E-state index in [4.69, 9.17) is 9.47 Å². The topological polar surface area (TPSA) is 186 Å². The van der Waals surface area contributed by atoms with Crippen LogP contribution in [0.15, 0.2) is 96.4 Å². The van der Waals surface area contributed by atoms with E-state index in [0.29, 0.717) is 12.0 Å². The summed E-state index contributed by atoms with van der Waals surface area (Å²) in [7, 11) is -3.24. The van der Waals surface area contributed by atoms with Gasteiger partial charge in [-0.3, -0.25) is 14.9 Å². The van der Waals surface area contributed by atoms with Gasteiger partial charge in [-0.1, -0.05) is 72.8 Å². The molecular weight excluding hydrogens is 692 g/mol. The van der Waals surface area contributed by atoms with Crippen molar-refractivity contribution in [3.05, 3.63) is 107 Å². The summed E-state index contributed by atoms with van der Waals surface area (Å²) in [6.45, 7) is 7.30. The fraction of sp³-hybridized carbons (Fsp3) is 0.378. The Balaban J connectivity index is 1.75. The lowest BCUT2D eigenvalue weighted by atomic mass is 9.89. The number of ether oxygens (including phenoxy) is 2. The molecule has 1 aliphatic rings. The zero-order chi connectivity index (χ0) is 38.3. The van der Waals surface area contributed by atoms with Crippen molar-refractivity contribution < 1.29 is 42.3 Å². The molecule has 3 atom stereocenters. The minimum absolute atomic E-state index is 0.147. The van der Waals surface area contributed by atoms with Crippen LogP contribution in [0.4, 0.5) is 10.5 Å². The lowest BCUT2D eigenvalue weighted by molar-refractivity contribution is -0.387. The molecule has 14 nitrogen and oxygen atoms in total. The van der Waals surface area contributed by atoms with Gasteiger partial charge in [0.2, 0.25) is 15.9 Å². The number of nitrogens with zero attached hydrogens (tertiary/aromatic N) is 3. The van der Waals surface area contributed by atoms with Gasteiger partial charge in [-0.25, -0.2) is 18.0 Å². The Kier molecular flexibility index (Phi) is 12.6. The molecule has 0 aromatic heterocycles. The van der Waals surface area contributed by atoms with Crippen molar-refractivity contribution in [1.29, 1.82) is 0 Å². The number of carbonyl (C=O) groups is 3. The van der Waals surface area contributed by atoms with Crippen molar-refractivity contribution in [2.24, 2.45) is 0 Å². The molecule has 0 spiro atoms. The van der Waals surface area contributed by atoms with Crippen LogP contribution in [0.3, 0.4) is 0 Å². The highest BCUT2D eigenvalue weighted by atomic mass is 32.2. The third kappa shape index (κ3) is 9.21. The van der Waals surface area contributed by atoms with Crippen LogP contribution in [0.25, 0.3) is 11.1 Å². The molecule has 3 aromatic carbocycles. The fourth-order valence-electron chi connectivity index (χ4n) is 6.12. The molecule has 0 aliphatic carbocycles. The van der Waals surface area contributed by atoms with Crippen LogP contribution >= 0.6 is 0 Å². The summed E-state index contributed by atoms with van der Waals surface area (Å²) in [5.74, 6) is -2.25. The number of unbranched alkanes of at least 4 members (excludes halogenated alkanes) is 1. The molecule has 0 unspecified atom stereocenters. The monoisotopic (exact) mass is 736 g/mol. The SMILES string of the molecule is C=CCCCN(C[C@H](NC(=O)OC(C)(C)C)C(=O)N1C[C@](OC)(c2ccc(-c3ccccc3)cc2)C[C@H]1C(=O)O)S(=O)(=O)c1ccccc1[N+](=O)[O-]. The maximum absolute atomic E-state index is 14.5. The molecule has 1 aliphatic heterocycles.